The first-order chi connectivity index (χ1) is 9.13. The lowest BCUT2D eigenvalue weighted by Gasteiger charge is -2.09. The summed E-state index contributed by atoms with van der Waals surface area (Å²) in [5, 5.41) is 5.67. The average Bonchev–Trinajstić information content (AvgIpc) is 2.57. The summed E-state index contributed by atoms with van der Waals surface area (Å²) in [5.41, 5.74) is 4.05. The number of nitrogens with one attached hydrogen (secondary N) is 2. The van der Waals surface area contributed by atoms with Gasteiger partial charge in [-0.2, -0.15) is 0 Å². The van der Waals surface area contributed by atoms with Crippen LogP contribution < -0.4 is 10.6 Å². The summed E-state index contributed by atoms with van der Waals surface area (Å²) in [7, 11) is 0. The van der Waals surface area contributed by atoms with E-state index < -0.39 is 0 Å². The van der Waals surface area contributed by atoms with Crippen molar-refractivity contribution in [3.8, 4) is 0 Å². The molecule has 0 bridgehead atoms. The summed E-state index contributed by atoms with van der Waals surface area (Å²) in [6.07, 6.45) is 8.70. The normalized spacial score (nSPS) is 14.2. The lowest BCUT2D eigenvalue weighted by atomic mass is 10.2. The highest BCUT2D eigenvalue weighted by Gasteiger charge is 2.04. The van der Waals surface area contributed by atoms with Crippen LogP contribution >= 0.6 is 0 Å². The summed E-state index contributed by atoms with van der Waals surface area (Å²) in [4.78, 5) is 11.9. The van der Waals surface area contributed by atoms with Crippen LogP contribution in [0.25, 0.3) is 0 Å². The van der Waals surface area contributed by atoms with E-state index in [1.807, 2.05) is 56.3 Å². The Morgan fingerprint density at radius 1 is 1.11 bits per heavy atom. The van der Waals surface area contributed by atoms with Gasteiger partial charge in [-0.1, -0.05) is 41.5 Å². The molecule has 0 saturated heterocycles. The molecule has 0 aromatic heterocycles. The van der Waals surface area contributed by atoms with E-state index in [1.54, 1.807) is 0 Å². The number of benzene rings is 1. The van der Waals surface area contributed by atoms with Crippen molar-refractivity contribution in [2.24, 2.45) is 0 Å². The molecule has 2 N–H and O–H groups in total. The minimum absolute atomic E-state index is 0.212. The van der Waals surface area contributed by atoms with E-state index in [0.29, 0.717) is 0 Å². The summed E-state index contributed by atoms with van der Waals surface area (Å²) in [6, 6.07) is 7.50. The number of hydrogen-bond donors (Lipinski definition) is 2. The topological polar surface area (TPSA) is 41.1 Å². The molecule has 19 heavy (non-hydrogen) atoms. The predicted molar refractivity (Wildman–Crippen MR) is 78.9 cm³/mol. The fourth-order valence-electron chi connectivity index (χ4n) is 1.76. The van der Waals surface area contributed by atoms with E-state index in [1.165, 1.54) is 11.1 Å². The molecule has 0 aliphatic heterocycles. The van der Waals surface area contributed by atoms with Crippen molar-refractivity contribution >= 4 is 11.7 Å². The van der Waals surface area contributed by atoms with Crippen molar-refractivity contribution in [3.63, 3.8) is 0 Å². The van der Waals surface area contributed by atoms with Crippen LogP contribution in [0.5, 0.6) is 0 Å². The van der Waals surface area contributed by atoms with Gasteiger partial charge < -0.3 is 10.6 Å². The molecule has 0 fully saturated rings. The lowest BCUT2D eigenvalue weighted by Crippen LogP contribution is -2.27. The zero-order valence-electron chi connectivity index (χ0n) is 11.2. The molecular formula is C16H18N2O. The maximum absolute atomic E-state index is 11.9. The van der Waals surface area contributed by atoms with E-state index >= 15 is 0 Å². The first-order valence-corrected chi connectivity index (χ1v) is 6.32. The Hall–Kier alpha value is -2.29. The van der Waals surface area contributed by atoms with E-state index in [-0.39, 0.29) is 6.03 Å². The smallest absolute Gasteiger partial charge is 0.311 e. The molecule has 0 atom stereocenters. The van der Waals surface area contributed by atoms with Gasteiger partial charge >= 0.3 is 6.03 Å². The van der Waals surface area contributed by atoms with Gasteiger partial charge in [-0.15, -0.1) is 0 Å². The molecular weight excluding hydrogens is 236 g/mol. The fourth-order valence-corrected chi connectivity index (χ4v) is 1.76. The fraction of sp³-hybridized carbons (Fsp3) is 0.188. The van der Waals surface area contributed by atoms with Crippen LogP contribution in [0.2, 0.25) is 0 Å². The number of anilines is 1. The summed E-state index contributed by atoms with van der Waals surface area (Å²) in [5.74, 6) is 0. The maximum Gasteiger partial charge on any atom is 0.323 e. The van der Waals surface area contributed by atoms with E-state index in [0.717, 1.165) is 17.8 Å². The van der Waals surface area contributed by atoms with Gasteiger partial charge in [0.05, 0.1) is 0 Å². The molecule has 3 nitrogen and oxygen atoms in total. The maximum atomic E-state index is 11.9. The van der Waals surface area contributed by atoms with Crippen LogP contribution in [-0.4, -0.2) is 6.03 Å². The summed E-state index contributed by atoms with van der Waals surface area (Å²) >= 11 is 0. The Labute approximate surface area is 113 Å². The van der Waals surface area contributed by atoms with Gasteiger partial charge in [-0.05, 0) is 32.1 Å². The third kappa shape index (κ3) is 4.14. The van der Waals surface area contributed by atoms with Gasteiger partial charge in [0.1, 0.15) is 0 Å². The largest absolute Gasteiger partial charge is 0.323 e. The summed E-state index contributed by atoms with van der Waals surface area (Å²) in [6.45, 7) is 4.06. The van der Waals surface area contributed by atoms with Gasteiger partial charge in [0, 0.05) is 17.8 Å². The molecule has 98 valence electrons. The number of carbonyl (C=O) groups is 1. The van der Waals surface area contributed by atoms with Crippen molar-refractivity contribution in [2.75, 3.05) is 5.32 Å². The third-order valence-electron chi connectivity index (χ3n) is 2.88. The molecule has 1 aliphatic carbocycles. The highest BCUT2D eigenvalue weighted by Crippen LogP contribution is 2.11. The zero-order chi connectivity index (χ0) is 13.7. The number of amides is 2. The van der Waals surface area contributed by atoms with Gasteiger partial charge in [-0.25, -0.2) is 4.79 Å². The first-order valence-electron chi connectivity index (χ1n) is 6.32. The van der Waals surface area contributed by atoms with Crippen LogP contribution in [0.15, 0.2) is 59.8 Å². The second kappa shape index (κ2) is 6.05. The van der Waals surface area contributed by atoms with Crippen LogP contribution in [0.4, 0.5) is 10.5 Å². The molecule has 1 aromatic rings. The molecule has 1 aliphatic rings. The van der Waals surface area contributed by atoms with Crippen molar-refractivity contribution in [1.29, 1.82) is 0 Å². The predicted octanol–water partition coefficient (Wildman–Crippen LogP) is 3.91. The van der Waals surface area contributed by atoms with Gasteiger partial charge in [0.25, 0.3) is 0 Å². The van der Waals surface area contributed by atoms with Crippen molar-refractivity contribution < 1.29 is 4.79 Å². The Morgan fingerprint density at radius 2 is 1.84 bits per heavy atom. The van der Waals surface area contributed by atoms with Gasteiger partial charge in [0.2, 0.25) is 0 Å². The van der Waals surface area contributed by atoms with E-state index in [2.05, 4.69) is 16.7 Å². The lowest BCUT2D eigenvalue weighted by molar-refractivity contribution is 0.254. The van der Waals surface area contributed by atoms with Gasteiger partial charge in [-0.3, -0.25) is 0 Å². The third-order valence-corrected chi connectivity index (χ3v) is 2.88. The van der Waals surface area contributed by atoms with Crippen LogP contribution in [0.1, 0.15) is 18.9 Å². The first kappa shape index (κ1) is 13.1. The Kier molecular flexibility index (Phi) is 4.18. The average molecular weight is 254 g/mol. The Balaban J connectivity index is 1.93. The van der Waals surface area contributed by atoms with E-state index in [9.17, 15) is 4.79 Å². The molecule has 2 rings (SSSR count). The molecule has 0 unspecified atom stereocenters. The molecule has 1 aromatic carbocycles. The van der Waals surface area contributed by atoms with Crippen LogP contribution in [0.3, 0.4) is 0 Å². The highest BCUT2D eigenvalue weighted by molar-refractivity contribution is 5.90. The number of urea groups is 1. The number of allylic oxidation sites excluding steroid dienone is 5. The van der Waals surface area contributed by atoms with Crippen molar-refractivity contribution in [1.82, 2.24) is 5.32 Å². The second-order valence-corrected chi connectivity index (χ2v) is 4.65. The zero-order valence-corrected chi connectivity index (χ0v) is 11.2. The highest BCUT2D eigenvalue weighted by atomic mass is 16.2. The molecule has 3 heteroatoms. The molecule has 0 saturated carbocycles. The summed E-state index contributed by atoms with van der Waals surface area (Å²) < 4.78 is 0. The van der Waals surface area contributed by atoms with Crippen molar-refractivity contribution in [3.05, 3.63) is 65.4 Å². The Bertz CT molecular complexity index is 548. The number of rotatable bonds is 2. The molecule has 0 heterocycles. The second-order valence-electron chi connectivity index (χ2n) is 4.65. The minimum Gasteiger partial charge on any atom is -0.311 e. The SMILES string of the molecule is CC1=CCC(NC(=O)Nc2ccc(C)cc2)=CC=C1. The molecule has 0 spiro atoms. The monoisotopic (exact) mass is 254 g/mol. The van der Waals surface area contributed by atoms with Crippen LogP contribution in [0, 0.1) is 6.92 Å². The molecule has 0 radical (unpaired) electrons. The standard InChI is InChI=1S/C16H18N2O/c1-12-4-3-5-14(9-6-12)17-16(19)18-15-10-7-13(2)8-11-15/h3-8,10-11H,9H2,1-2H3,(H2,17,18,19). The van der Waals surface area contributed by atoms with Crippen LogP contribution in [-0.2, 0) is 0 Å². The number of aryl methyl sites for hydroxylation is 1. The van der Waals surface area contributed by atoms with Crippen molar-refractivity contribution in [2.45, 2.75) is 20.3 Å². The van der Waals surface area contributed by atoms with Gasteiger partial charge in [0.15, 0.2) is 0 Å². The minimum atomic E-state index is -0.212. The quantitative estimate of drug-likeness (QED) is 0.825. The Morgan fingerprint density at radius 3 is 2.58 bits per heavy atom. The number of hydrogen-bond acceptors (Lipinski definition) is 1. The van der Waals surface area contributed by atoms with E-state index in [4.69, 9.17) is 0 Å². The molecule has 2 amide bonds. The number of carbonyl (C=O) groups excluding carboxylic acids is 1.